The first kappa shape index (κ1) is 32.0. The highest BCUT2D eigenvalue weighted by atomic mass is 19.4. The third kappa shape index (κ3) is 5.06. The molecule has 1 aromatic carbocycles. The Bertz CT molecular complexity index is 1600. The number of aromatic nitrogens is 3. The Morgan fingerprint density at radius 3 is 2.23 bits per heavy atom. The number of H-pyrrole nitrogens is 1. The molecule has 4 N–H and O–H groups in total. The molecule has 0 radical (unpaired) electrons. The number of carboxylic acids is 1. The maximum Gasteiger partial charge on any atom is 0.421 e. The van der Waals surface area contributed by atoms with Crippen molar-refractivity contribution in [3.05, 3.63) is 52.4 Å². The minimum absolute atomic E-state index is 0.0784. The van der Waals surface area contributed by atoms with Crippen LogP contribution < -0.4 is 10.9 Å². The Balaban J connectivity index is 1.77. The summed E-state index contributed by atoms with van der Waals surface area (Å²) in [6, 6.07) is 8.76. The van der Waals surface area contributed by atoms with Crippen LogP contribution in [-0.4, -0.2) is 49.3 Å². The smallest absolute Gasteiger partial charge is 0.421 e. The minimum atomic E-state index is -4.94. The van der Waals surface area contributed by atoms with E-state index in [4.69, 9.17) is 4.74 Å². The maximum absolute atomic E-state index is 14.0. The SMILES string of the molecule is CC(C)(C)C1(C(=O)O)CCC(CC#N)(n2nc(Nc3ccc(C(O)(C(C)(C)C)C(F)(F)F)cc3)c3c(=O)[nH]ccc32)CO1. The number of nitrogens with one attached hydrogen (secondary N) is 2. The van der Waals surface area contributed by atoms with Gasteiger partial charge in [-0.3, -0.25) is 9.48 Å². The van der Waals surface area contributed by atoms with E-state index in [1.807, 2.05) is 0 Å². The average molecular weight is 604 g/mol. The zero-order valence-corrected chi connectivity index (χ0v) is 24.9. The van der Waals surface area contributed by atoms with Gasteiger partial charge < -0.3 is 25.3 Å². The normalized spacial score (nSPS) is 23.0. The molecular weight excluding hydrogens is 567 g/mol. The number of nitrogens with zero attached hydrogens (tertiary/aromatic N) is 3. The van der Waals surface area contributed by atoms with Gasteiger partial charge in [-0.15, -0.1) is 0 Å². The number of aliphatic hydroxyl groups is 1. The fourth-order valence-corrected chi connectivity index (χ4v) is 5.90. The monoisotopic (exact) mass is 603 g/mol. The van der Waals surface area contributed by atoms with Gasteiger partial charge in [0, 0.05) is 22.7 Å². The molecule has 1 aliphatic rings. The van der Waals surface area contributed by atoms with Gasteiger partial charge in [-0.25, -0.2) is 4.79 Å². The highest BCUT2D eigenvalue weighted by Crippen LogP contribution is 2.51. The van der Waals surface area contributed by atoms with E-state index in [-0.39, 0.29) is 42.6 Å². The number of hydrogen-bond donors (Lipinski definition) is 4. The van der Waals surface area contributed by atoms with Crippen LogP contribution in [0.2, 0.25) is 0 Å². The molecule has 3 unspecified atom stereocenters. The number of nitriles is 1. The number of pyridine rings is 1. The molecule has 3 atom stereocenters. The number of aromatic amines is 1. The van der Waals surface area contributed by atoms with Gasteiger partial charge in [0.15, 0.2) is 17.0 Å². The predicted molar refractivity (Wildman–Crippen MR) is 153 cm³/mol. The second-order valence-corrected chi connectivity index (χ2v) is 13.2. The van der Waals surface area contributed by atoms with Crippen LogP contribution in [0, 0.1) is 22.2 Å². The molecule has 13 heteroatoms. The lowest BCUT2D eigenvalue weighted by Crippen LogP contribution is -2.59. The van der Waals surface area contributed by atoms with Crippen molar-refractivity contribution in [3.8, 4) is 6.07 Å². The molecule has 10 nitrogen and oxygen atoms in total. The van der Waals surface area contributed by atoms with Gasteiger partial charge in [0.25, 0.3) is 5.56 Å². The lowest BCUT2D eigenvalue weighted by Gasteiger charge is -2.49. The molecule has 4 rings (SSSR count). The molecule has 1 saturated heterocycles. The van der Waals surface area contributed by atoms with Crippen LogP contribution in [0.25, 0.3) is 10.9 Å². The van der Waals surface area contributed by atoms with Crippen molar-refractivity contribution in [2.75, 3.05) is 11.9 Å². The molecule has 0 amide bonds. The summed E-state index contributed by atoms with van der Waals surface area (Å²) in [6.07, 6.45) is -3.31. The Kier molecular flexibility index (Phi) is 7.73. The van der Waals surface area contributed by atoms with Crippen LogP contribution in [0.5, 0.6) is 0 Å². The van der Waals surface area contributed by atoms with Crippen molar-refractivity contribution in [1.82, 2.24) is 14.8 Å². The molecule has 0 aliphatic carbocycles. The van der Waals surface area contributed by atoms with Gasteiger partial charge >= 0.3 is 12.1 Å². The molecular formula is C30H36F3N5O5. The van der Waals surface area contributed by atoms with Crippen LogP contribution in [0.3, 0.4) is 0 Å². The Morgan fingerprint density at radius 1 is 1.14 bits per heavy atom. The number of alkyl halides is 3. The fraction of sp³-hybridized carbons (Fsp3) is 0.533. The number of benzene rings is 1. The molecule has 0 bridgehead atoms. The van der Waals surface area contributed by atoms with E-state index in [0.29, 0.717) is 11.2 Å². The van der Waals surface area contributed by atoms with Crippen molar-refractivity contribution < 1.29 is 32.9 Å². The van der Waals surface area contributed by atoms with E-state index < -0.39 is 45.3 Å². The lowest BCUT2D eigenvalue weighted by molar-refractivity contribution is -0.302. The zero-order valence-electron chi connectivity index (χ0n) is 24.9. The summed E-state index contributed by atoms with van der Waals surface area (Å²) in [6.45, 7) is 9.04. The average Bonchev–Trinajstić information content (AvgIpc) is 3.27. The maximum atomic E-state index is 14.0. The summed E-state index contributed by atoms with van der Waals surface area (Å²) in [5, 5.41) is 38.4. The van der Waals surface area contributed by atoms with Crippen molar-refractivity contribution in [3.63, 3.8) is 0 Å². The molecule has 232 valence electrons. The van der Waals surface area contributed by atoms with Gasteiger partial charge in [0.2, 0.25) is 0 Å². The summed E-state index contributed by atoms with van der Waals surface area (Å²) < 4.78 is 49.6. The predicted octanol–water partition coefficient (Wildman–Crippen LogP) is 5.55. The Hall–Kier alpha value is -3.89. The van der Waals surface area contributed by atoms with E-state index in [9.17, 15) is 38.2 Å². The largest absolute Gasteiger partial charge is 0.479 e. The van der Waals surface area contributed by atoms with Gasteiger partial charge in [0.1, 0.15) is 5.39 Å². The molecule has 3 heterocycles. The van der Waals surface area contributed by atoms with E-state index in [1.54, 1.807) is 26.8 Å². The molecule has 0 spiro atoms. The zero-order chi connectivity index (χ0) is 32.2. The molecule has 0 saturated carbocycles. The van der Waals surface area contributed by atoms with Crippen LogP contribution in [0.4, 0.5) is 24.7 Å². The van der Waals surface area contributed by atoms with E-state index in [1.165, 1.54) is 43.8 Å². The highest BCUT2D eigenvalue weighted by molar-refractivity contribution is 5.91. The first-order valence-corrected chi connectivity index (χ1v) is 13.8. The summed E-state index contributed by atoms with van der Waals surface area (Å²) >= 11 is 0. The number of rotatable bonds is 6. The fourth-order valence-electron chi connectivity index (χ4n) is 5.90. The quantitative estimate of drug-likeness (QED) is 0.286. The number of ether oxygens (including phenoxy) is 1. The first-order chi connectivity index (χ1) is 19.7. The lowest BCUT2D eigenvalue weighted by atomic mass is 9.69. The van der Waals surface area contributed by atoms with Crippen molar-refractivity contribution in [1.29, 1.82) is 5.26 Å². The number of carbonyl (C=O) groups is 1. The standard InChI is InChI=1S/C30H36F3N5O5/c1-25(2,3)28(24(40)41)13-12-27(14-15-34,17-43-28)38-20-11-16-35-23(39)21(20)22(37-38)36-19-9-7-18(8-10-19)29(42,26(4,5)6)30(31,32)33/h7-11,16,42H,12-14,17H2,1-6H3,(H,35,39)(H,36,37)(H,40,41). The number of anilines is 2. The topological polar surface area (TPSA) is 153 Å². The summed E-state index contributed by atoms with van der Waals surface area (Å²) in [7, 11) is 0. The number of aliphatic carboxylic acids is 1. The van der Waals surface area contributed by atoms with Crippen molar-refractivity contribution in [2.45, 2.75) is 83.7 Å². The van der Waals surface area contributed by atoms with Crippen molar-refractivity contribution >= 4 is 28.4 Å². The second kappa shape index (κ2) is 10.4. The van der Waals surface area contributed by atoms with Crippen LogP contribution >= 0.6 is 0 Å². The molecule has 43 heavy (non-hydrogen) atoms. The van der Waals surface area contributed by atoms with E-state index >= 15 is 0 Å². The number of hydrogen-bond acceptors (Lipinski definition) is 7. The molecule has 2 aromatic heterocycles. The first-order valence-electron chi connectivity index (χ1n) is 13.8. The van der Waals surface area contributed by atoms with Crippen LogP contribution in [-0.2, 0) is 20.7 Å². The molecule has 1 fully saturated rings. The Morgan fingerprint density at radius 2 is 1.77 bits per heavy atom. The summed E-state index contributed by atoms with van der Waals surface area (Å²) in [4.78, 5) is 27.9. The third-order valence-corrected chi connectivity index (χ3v) is 8.61. The second-order valence-electron chi connectivity index (χ2n) is 13.2. The molecule has 3 aromatic rings. The van der Waals surface area contributed by atoms with Gasteiger partial charge in [0.05, 0.1) is 30.2 Å². The number of carboxylic acid groups (broad SMARTS) is 1. The van der Waals surface area contributed by atoms with E-state index in [2.05, 4.69) is 21.5 Å². The third-order valence-electron chi connectivity index (χ3n) is 8.61. The van der Waals surface area contributed by atoms with E-state index in [0.717, 1.165) is 12.1 Å². The Labute approximate surface area is 246 Å². The van der Waals surface area contributed by atoms with Gasteiger partial charge in [-0.05, 0) is 36.6 Å². The minimum Gasteiger partial charge on any atom is -0.479 e. The van der Waals surface area contributed by atoms with Crippen molar-refractivity contribution in [2.24, 2.45) is 10.8 Å². The van der Waals surface area contributed by atoms with Gasteiger partial charge in [-0.2, -0.15) is 23.5 Å². The summed E-state index contributed by atoms with van der Waals surface area (Å²) in [5.41, 5.74) is -8.24. The van der Waals surface area contributed by atoms with Gasteiger partial charge in [-0.1, -0.05) is 53.7 Å². The number of halogens is 3. The highest BCUT2D eigenvalue weighted by Gasteiger charge is 2.61. The number of fused-ring (bicyclic) bond motifs is 1. The van der Waals surface area contributed by atoms with Crippen LogP contribution in [0.1, 0.15) is 66.4 Å². The molecule has 1 aliphatic heterocycles. The van der Waals surface area contributed by atoms with Crippen LogP contribution in [0.15, 0.2) is 41.3 Å². The summed E-state index contributed by atoms with van der Waals surface area (Å²) in [5.74, 6) is -1.03.